The van der Waals surface area contributed by atoms with Crippen molar-refractivity contribution in [1.29, 1.82) is 0 Å². The minimum Gasteiger partial charge on any atom is -0.351 e. The number of fused-ring (bicyclic) bond motifs is 1. The fourth-order valence-electron chi connectivity index (χ4n) is 2.49. The summed E-state index contributed by atoms with van der Waals surface area (Å²) in [5.41, 5.74) is 8.73. The van der Waals surface area contributed by atoms with E-state index < -0.39 is 6.03 Å². The summed E-state index contributed by atoms with van der Waals surface area (Å²) in [4.78, 5) is 17.4. The van der Waals surface area contributed by atoms with Gasteiger partial charge in [0, 0.05) is 18.9 Å². The van der Waals surface area contributed by atoms with Gasteiger partial charge in [-0.15, -0.1) is 0 Å². The fraction of sp³-hybridized carbons (Fsp3) is 0.143. The molecule has 0 saturated heterocycles. The van der Waals surface area contributed by atoms with E-state index in [1.807, 2.05) is 36.4 Å². The number of aromatic nitrogens is 1. The van der Waals surface area contributed by atoms with Crippen LogP contribution in [0.25, 0.3) is 0 Å². The Balaban J connectivity index is 2.11. The molecule has 18 heavy (non-hydrogen) atoms. The minimum absolute atomic E-state index is 0.118. The molecule has 2 amide bonds. The highest BCUT2D eigenvalue weighted by Gasteiger charge is 2.33. The van der Waals surface area contributed by atoms with E-state index in [9.17, 15) is 4.79 Å². The molecule has 2 N–H and O–H groups in total. The molecule has 1 unspecified atom stereocenters. The smallest absolute Gasteiger partial charge is 0.315 e. The molecule has 1 aromatic heterocycles. The lowest BCUT2D eigenvalue weighted by Crippen LogP contribution is -2.34. The second-order valence-corrected chi connectivity index (χ2v) is 4.35. The molecule has 0 aliphatic carbocycles. The van der Waals surface area contributed by atoms with Crippen molar-refractivity contribution in [3.63, 3.8) is 0 Å². The van der Waals surface area contributed by atoms with E-state index in [-0.39, 0.29) is 6.04 Å². The summed E-state index contributed by atoms with van der Waals surface area (Å²) >= 11 is 0. The summed E-state index contributed by atoms with van der Waals surface area (Å²) in [6, 6.07) is 11.3. The highest BCUT2D eigenvalue weighted by Crippen LogP contribution is 2.37. The lowest BCUT2D eigenvalue weighted by atomic mass is 9.99. The number of primary amides is 1. The van der Waals surface area contributed by atoms with Gasteiger partial charge in [-0.05, 0) is 22.8 Å². The van der Waals surface area contributed by atoms with Gasteiger partial charge in [-0.25, -0.2) is 4.79 Å². The summed E-state index contributed by atoms with van der Waals surface area (Å²) in [6.07, 6.45) is 3.50. The van der Waals surface area contributed by atoms with Crippen molar-refractivity contribution in [3.05, 3.63) is 65.5 Å². The number of pyridine rings is 1. The maximum absolute atomic E-state index is 11.6. The summed E-state index contributed by atoms with van der Waals surface area (Å²) in [6.45, 7) is 0.561. The van der Waals surface area contributed by atoms with E-state index in [4.69, 9.17) is 5.73 Å². The van der Waals surface area contributed by atoms with Crippen molar-refractivity contribution in [3.8, 4) is 0 Å². The number of urea groups is 1. The molecular formula is C14H13N3O. The van der Waals surface area contributed by atoms with Crippen LogP contribution in [0, 0.1) is 0 Å². The molecule has 1 aliphatic heterocycles. The number of nitrogens with zero attached hydrogens (tertiary/aromatic N) is 2. The number of hydrogen-bond acceptors (Lipinski definition) is 2. The predicted octanol–water partition coefficient (Wildman–Crippen LogP) is 2.07. The predicted molar refractivity (Wildman–Crippen MR) is 67.6 cm³/mol. The Morgan fingerprint density at radius 3 is 2.83 bits per heavy atom. The van der Waals surface area contributed by atoms with Crippen molar-refractivity contribution in [1.82, 2.24) is 9.88 Å². The first-order chi connectivity index (χ1) is 8.77. The largest absolute Gasteiger partial charge is 0.351 e. The standard InChI is InChI=1S/C14H13N3O/c15-14(18)17-9-11-4-1-2-6-12(11)13(17)10-5-3-7-16-8-10/h1-8,13H,9H2,(H2,15,18). The minimum atomic E-state index is -0.403. The van der Waals surface area contributed by atoms with Crippen LogP contribution in [0.1, 0.15) is 22.7 Å². The Kier molecular flexibility index (Phi) is 2.48. The monoisotopic (exact) mass is 239 g/mol. The van der Waals surface area contributed by atoms with Crippen LogP contribution >= 0.6 is 0 Å². The van der Waals surface area contributed by atoms with Crippen LogP contribution in [-0.4, -0.2) is 15.9 Å². The maximum Gasteiger partial charge on any atom is 0.315 e. The molecule has 1 atom stereocenters. The molecule has 2 heterocycles. The Morgan fingerprint density at radius 1 is 1.28 bits per heavy atom. The van der Waals surface area contributed by atoms with E-state index in [1.54, 1.807) is 17.3 Å². The zero-order valence-electron chi connectivity index (χ0n) is 9.78. The Hall–Kier alpha value is -2.36. The SMILES string of the molecule is NC(=O)N1Cc2ccccc2C1c1cccnc1. The molecule has 4 nitrogen and oxygen atoms in total. The molecule has 1 aromatic carbocycles. The molecule has 0 bridgehead atoms. The van der Waals surface area contributed by atoms with E-state index in [0.29, 0.717) is 6.54 Å². The van der Waals surface area contributed by atoms with E-state index in [0.717, 1.165) is 16.7 Å². The second-order valence-electron chi connectivity index (χ2n) is 4.35. The van der Waals surface area contributed by atoms with Crippen LogP contribution in [0.3, 0.4) is 0 Å². The average molecular weight is 239 g/mol. The molecular weight excluding hydrogens is 226 g/mol. The lowest BCUT2D eigenvalue weighted by molar-refractivity contribution is 0.199. The first-order valence-corrected chi connectivity index (χ1v) is 5.81. The normalized spacial score (nSPS) is 17.6. The number of benzene rings is 1. The molecule has 0 fully saturated rings. The summed E-state index contributed by atoms with van der Waals surface area (Å²) in [7, 11) is 0. The number of nitrogens with two attached hydrogens (primary N) is 1. The van der Waals surface area contributed by atoms with Gasteiger partial charge in [0.15, 0.2) is 0 Å². The number of carbonyl (C=O) groups excluding carboxylic acids is 1. The Bertz CT molecular complexity index is 583. The van der Waals surface area contributed by atoms with Gasteiger partial charge >= 0.3 is 6.03 Å². The van der Waals surface area contributed by atoms with Gasteiger partial charge in [-0.1, -0.05) is 30.3 Å². The Morgan fingerprint density at radius 2 is 2.11 bits per heavy atom. The number of carbonyl (C=O) groups is 1. The molecule has 0 saturated carbocycles. The molecule has 1 aliphatic rings. The van der Waals surface area contributed by atoms with E-state index in [1.165, 1.54) is 0 Å². The number of rotatable bonds is 1. The topological polar surface area (TPSA) is 59.2 Å². The molecule has 90 valence electrons. The number of amides is 2. The zero-order chi connectivity index (χ0) is 12.5. The molecule has 3 rings (SSSR count). The molecule has 2 aromatic rings. The van der Waals surface area contributed by atoms with Gasteiger partial charge in [0.1, 0.15) is 0 Å². The van der Waals surface area contributed by atoms with Crippen molar-refractivity contribution in [2.45, 2.75) is 12.6 Å². The second kappa shape index (κ2) is 4.14. The molecule has 0 radical (unpaired) electrons. The van der Waals surface area contributed by atoms with Crippen LogP contribution in [0.4, 0.5) is 4.79 Å². The van der Waals surface area contributed by atoms with Gasteiger partial charge < -0.3 is 10.6 Å². The summed E-state index contributed by atoms with van der Waals surface area (Å²) in [5, 5.41) is 0. The van der Waals surface area contributed by atoms with Crippen molar-refractivity contribution < 1.29 is 4.79 Å². The van der Waals surface area contributed by atoms with Gasteiger partial charge in [-0.3, -0.25) is 4.98 Å². The van der Waals surface area contributed by atoms with Crippen molar-refractivity contribution in [2.24, 2.45) is 5.73 Å². The first kappa shape index (κ1) is 10.8. The molecule has 0 spiro atoms. The van der Waals surface area contributed by atoms with Crippen molar-refractivity contribution >= 4 is 6.03 Å². The van der Waals surface area contributed by atoms with E-state index >= 15 is 0 Å². The third kappa shape index (κ3) is 1.62. The van der Waals surface area contributed by atoms with Crippen molar-refractivity contribution in [2.75, 3.05) is 0 Å². The lowest BCUT2D eigenvalue weighted by Gasteiger charge is -2.23. The van der Waals surface area contributed by atoms with Crippen LogP contribution in [-0.2, 0) is 6.54 Å². The van der Waals surface area contributed by atoms with Gasteiger partial charge in [0.25, 0.3) is 0 Å². The number of hydrogen-bond donors (Lipinski definition) is 1. The van der Waals surface area contributed by atoms with E-state index in [2.05, 4.69) is 4.98 Å². The van der Waals surface area contributed by atoms with Crippen LogP contribution in [0.2, 0.25) is 0 Å². The average Bonchev–Trinajstić information content (AvgIpc) is 2.79. The third-order valence-corrected chi connectivity index (χ3v) is 3.29. The quantitative estimate of drug-likeness (QED) is 0.828. The van der Waals surface area contributed by atoms with Crippen LogP contribution < -0.4 is 5.73 Å². The third-order valence-electron chi connectivity index (χ3n) is 3.29. The highest BCUT2D eigenvalue weighted by molar-refractivity contribution is 5.74. The van der Waals surface area contributed by atoms with Crippen LogP contribution in [0.15, 0.2) is 48.8 Å². The maximum atomic E-state index is 11.6. The Labute approximate surface area is 105 Å². The van der Waals surface area contributed by atoms with Gasteiger partial charge in [0.05, 0.1) is 6.04 Å². The zero-order valence-corrected chi connectivity index (χ0v) is 9.78. The van der Waals surface area contributed by atoms with Crippen LogP contribution in [0.5, 0.6) is 0 Å². The summed E-state index contributed by atoms with van der Waals surface area (Å²) in [5.74, 6) is 0. The summed E-state index contributed by atoms with van der Waals surface area (Å²) < 4.78 is 0. The highest BCUT2D eigenvalue weighted by atomic mass is 16.2. The molecule has 4 heteroatoms. The van der Waals surface area contributed by atoms with Gasteiger partial charge in [-0.2, -0.15) is 0 Å². The van der Waals surface area contributed by atoms with Gasteiger partial charge in [0.2, 0.25) is 0 Å². The first-order valence-electron chi connectivity index (χ1n) is 5.81. The fourth-order valence-corrected chi connectivity index (χ4v) is 2.49.